The first-order valence-electron chi connectivity index (χ1n) is 5.60. The molecule has 0 aliphatic heterocycles. The molecular weight excluding hydrogens is 238 g/mol. The third-order valence-electron chi connectivity index (χ3n) is 2.77. The molecular formula is C13H18ClNO2. The maximum atomic E-state index is 11.6. The van der Waals surface area contributed by atoms with Gasteiger partial charge in [0.15, 0.2) is 0 Å². The molecule has 1 aromatic carbocycles. The minimum absolute atomic E-state index is 0.247. The first kappa shape index (κ1) is 13.8. The van der Waals surface area contributed by atoms with Gasteiger partial charge in [0.05, 0.1) is 18.4 Å². The largest absolute Gasteiger partial charge is 0.465 e. The molecule has 0 aliphatic carbocycles. The lowest BCUT2D eigenvalue weighted by atomic mass is 10.1. The molecule has 0 spiro atoms. The van der Waals surface area contributed by atoms with Crippen molar-refractivity contribution in [1.29, 1.82) is 0 Å². The van der Waals surface area contributed by atoms with E-state index in [2.05, 4.69) is 26.1 Å². The summed E-state index contributed by atoms with van der Waals surface area (Å²) >= 11 is 5.94. The van der Waals surface area contributed by atoms with Crippen LogP contribution in [0.3, 0.4) is 0 Å². The SMILES string of the molecule is COC(=O)c1ccc(Cl)cc1NC(C)C(C)C. The van der Waals surface area contributed by atoms with Gasteiger partial charge in [-0.15, -0.1) is 0 Å². The number of rotatable bonds is 4. The van der Waals surface area contributed by atoms with Gasteiger partial charge in [0, 0.05) is 11.1 Å². The van der Waals surface area contributed by atoms with E-state index < -0.39 is 0 Å². The summed E-state index contributed by atoms with van der Waals surface area (Å²) in [7, 11) is 1.37. The number of methoxy groups -OCH3 is 1. The lowest BCUT2D eigenvalue weighted by molar-refractivity contribution is 0.0602. The number of ether oxygens (including phenoxy) is 1. The second-order valence-corrected chi connectivity index (χ2v) is 4.79. The van der Waals surface area contributed by atoms with Gasteiger partial charge in [-0.1, -0.05) is 25.4 Å². The Hall–Kier alpha value is -1.22. The van der Waals surface area contributed by atoms with Crippen LogP contribution in [0, 0.1) is 5.92 Å². The zero-order valence-corrected chi connectivity index (χ0v) is 11.3. The molecule has 0 heterocycles. The van der Waals surface area contributed by atoms with Crippen LogP contribution in [0.15, 0.2) is 18.2 Å². The Kier molecular flexibility index (Phi) is 4.82. The average Bonchev–Trinajstić information content (AvgIpc) is 2.28. The summed E-state index contributed by atoms with van der Waals surface area (Å²) in [6.45, 7) is 6.28. The van der Waals surface area contributed by atoms with Gasteiger partial charge in [-0.3, -0.25) is 0 Å². The van der Waals surface area contributed by atoms with E-state index in [4.69, 9.17) is 16.3 Å². The van der Waals surface area contributed by atoms with Crippen LogP contribution < -0.4 is 5.32 Å². The van der Waals surface area contributed by atoms with Crippen LogP contribution in [-0.4, -0.2) is 19.1 Å². The lowest BCUT2D eigenvalue weighted by Crippen LogP contribution is -2.23. The van der Waals surface area contributed by atoms with Crippen LogP contribution >= 0.6 is 11.6 Å². The molecule has 3 nitrogen and oxygen atoms in total. The third kappa shape index (κ3) is 3.63. The van der Waals surface area contributed by atoms with Crippen LogP contribution in [0.4, 0.5) is 5.69 Å². The molecule has 4 heteroatoms. The minimum atomic E-state index is -0.361. The average molecular weight is 256 g/mol. The molecule has 1 unspecified atom stereocenters. The lowest BCUT2D eigenvalue weighted by Gasteiger charge is -2.20. The van der Waals surface area contributed by atoms with Gasteiger partial charge >= 0.3 is 5.97 Å². The van der Waals surface area contributed by atoms with Crippen LogP contribution in [0.2, 0.25) is 5.02 Å². The van der Waals surface area contributed by atoms with E-state index in [1.54, 1.807) is 18.2 Å². The molecule has 0 aromatic heterocycles. The van der Waals surface area contributed by atoms with Gasteiger partial charge < -0.3 is 10.1 Å². The van der Waals surface area contributed by atoms with Gasteiger partial charge in [0.1, 0.15) is 0 Å². The molecule has 0 saturated carbocycles. The van der Waals surface area contributed by atoms with Gasteiger partial charge in [0.2, 0.25) is 0 Å². The second kappa shape index (κ2) is 5.92. The monoisotopic (exact) mass is 255 g/mol. The van der Waals surface area contributed by atoms with Crippen molar-refractivity contribution in [2.45, 2.75) is 26.8 Å². The van der Waals surface area contributed by atoms with Crippen molar-refractivity contribution < 1.29 is 9.53 Å². The van der Waals surface area contributed by atoms with Gasteiger partial charge in [-0.25, -0.2) is 4.79 Å². The Balaban J connectivity index is 3.03. The number of anilines is 1. The van der Waals surface area contributed by atoms with Crippen molar-refractivity contribution in [2.75, 3.05) is 12.4 Å². The van der Waals surface area contributed by atoms with Gasteiger partial charge in [0.25, 0.3) is 0 Å². The zero-order valence-electron chi connectivity index (χ0n) is 10.6. The minimum Gasteiger partial charge on any atom is -0.465 e. The van der Waals surface area contributed by atoms with E-state index in [1.165, 1.54) is 7.11 Å². The maximum Gasteiger partial charge on any atom is 0.339 e. The predicted molar refractivity (Wildman–Crippen MR) is 70.7 cm³/mol. The second-order valence-electron chi connectivity index (χ2n) is 4.36. The fourth-order valence-electron chi connectivity index (χ4n) is 1.34. The highest BCUT2D eigenvalue weighted by Gasteiger charge is 2.15. The Labute approximate surface area is 107 Å². The van der Waals surface area contributed by atoms with E-state index in [-0.39, 0.29) is 12.0 Å². The molecule has 0 fully saturated rings. The molecule has 17 heavy (non-hydrogen) atoms. The fraction of sp³-hybridized carbons (Fsp3) is 0.462. The highest BCUT2D eigenvalue weighted by atomic mass is 35.5. The molecule has 1 N–H and O–H groups in total. The predicted octanol–water partition coefficient (Wildman–Crippen LogP) is 3.58. The standard InChI is InChI=1S/C13H18ClNO2/c1-8(2)9(3)15-12-7-10(14)5-6-11(12)13(16)17-4/h5-9,15H,1-4H3. The number of carbonyl (C=O) groups is 1. The van der Waals surface area contributed by atoms with E-state index in [0.717, 1.165) is 0 Å². The molecule has 1 atom stereocenters. The van der Waals surface area contributed by atoms with Crippen LogP contribution in [-0.2, 0) is 4.74 Å². The number of esters is 1. The first-order chi connectivity index (χ1) is 7.95. The van der Waals surface area contributed by atoms with Crippen molar-refractivity contribution in [2.24, 2.45) is 5.92 Å². The molecule has 0 amide bonds. The molecule has 0 saturated heterocycles. The van der Waals surface area contributed by atoms with E-state index in [9.17, 15) is 4.79 Å². The summed E-state index contributed by atoms with van der Waals surface area (Å²) in [4.78, 5) is 11.6. The summed E-state index contributed by atoms with van der Waals surface area (Å²) in [6.07, 6.45) is 0. The highest BCUT2D eigenvalue weighted by molar-refractivity contribution is 6.31. The molecule has 0 radical (unpaired) electrons. The third-order valence-corrected chi connectivity index (χ3v) is 3.01. The molecule has 0 aliphatic rings. The summed E-state index contributed by atoms with van der Waals surface area (Å²) in [6, 6.07) is 5.34. The van der Waals surface area contributed by atoms with Gasteiger partial charge in [-0.2, -0.15) is 0 Å². The summed E-state index contributed by atoms with van der Waals surface area (Å²) in [5.41, 5.74) is 1.22. The number of halogens is 1. The van der Waals surface area contributed by atoms with Crippen LogP contribution in [0.1, 0.15) is 31.1 Å². The number of carbonyl (C=O) groups excluding carboxylic acids is 1. The fourth-order valence-corrected chi connectivity index (χ4v) is 1.51. The van der Waals surface area contributed by atoms with E-state index in [0.29, 0.717) is 22.2 Å². The van der Waals surface area contributed by atoms with Crippen molar-refractivity contribution in [1.82, 2.24) is 0 Å². The molecule has 94 valence electrons. The van der Waals surface area contributed by atoms with Crippen molar-refractivity contribution in [3.8, 4) is 0 Å². The maximum absolute atomic E-state index is 11.6. The van der Waals surface area contributed by atoms with Crippen molar-refractivity contribution >= 4 is 23.3 Å². The Bertz CT molecular complexity index is 404. The molecule has 1 aromatic rings. The Morgan fingerprint density at radius 3 is 2.53 bits per heavy atom. The van der Waals surface area contributed by atoms with Gasteiger partial charge in [-0.05, 0) is 31.0 Å². The van der Waals surface area contributed by atoms with Crippen molar-refractivity contribution in [3.63, 3.8) is 0 Å². The smallest absolute Gasteiger partial charge is 0.339 e. The first-order valence-corrected chi connectivity index (χ1v) is 5.98. The number of hydrogen-bond donors (Lipinski definition) is 1. The highest BCUT2D eigenvalue weighted by Crippen LogP contribution is 2.23. The summed E-state index contributed by atoms with van der Waals surface area (Å²) in [5.74, 6) is 0.0969. The summed E-state index contributed by atoms with van der Waals surface area (Å²) in [5, 5.41) is 3.87. The summed E-state index contributed by atoms with van der Waals surface area (Å²) < 4.78 is 4.74. The number of nitrogens with one attached hydrogen (secondary N) is 1. The molecule has 0 bridgehead atoms. The quantitative estimate of drug-likeness (QED) is 0.836. The normalized spacial score (nSPS) is 12.4. The Morgan fingerprint density at radius 2 is 2.00 bits per heavy atom. The van der Waals surface area contributed by atoms with E-state index >= 15 is 0 Å². The van der Waals surface area contributed by atoms with Crippen LogP contribution in [0.5, 0.6) is 0 Å². The Morgan fingerprint density at radius 1 is 1.35 bits per heavy atom. The van der Waals surface area contributed by atoms with Crippen molar-refractivity contribution in [3.05, 3.63) is 28.8 Å². The van der Waals surface area contributed by atoms with E-state index in [1.807, 2.05) is 0 Å². The van der Waals surface area contributed by atoms with Crippen LogP contribution in [0.25, 0.3) is 0 Å². The topological polar surface area (TPSA) is 38.3 Å². The number of benzene rings is 1. The number of hydrogen-bond acceptors (Lipinski definition) is 3. The zero-order chi connectivity index (χ0) is 13.0. The molecule has 1 rings (SSSR count).